The smallest absolute Gasteiger partial charge is 0.328 e. The molecule has 1 aromatic carbocycles. The van der Waals surface area contributed by atoms with Gasteiger partial charge in [-0.25, -0.2) is 9.18 Å². The van der Waals surface area contributed by atoms with Gasteiger partial charge in [-0.05, 0) is 25.0 Å². The van der Waals surface area contributed by atoms with E-state index in [-0.39, 0.29) is 5.82 Å². The number of hydrogen-bond donors (Lipinski definition) is 1. The van der Waals surface area contributed by atoms with Crippen molar-refractivity contribution in [3.05, 3.63) is 35.7 Å². The van der Waals surface area contributed by atoms with Gasteiger partial charge in [-0.3, -0.25) is 0 Å². The van der Waals surface area contributed by atoms with Crippen molar-refractivity contribution >= 4 is 17.7 Å². The maximum atomic E-state index is 14.1. The summed E-state index contributed by atoms with van der Waals surface area (Å²) >= 11 is 0. The first-order chi connectivity index (χ1) is 9.49. The molecule has 0 saturated carbocycles. The summed E-state index contributed by atoms with van der Waals surface area (Å²) in [5.41, 5.74) is 1.07. The molecule has 3 nitrogen and oxygen atoms in total. The summed E-state index contributed by atoms with van der Waals surface area (Å²) in [6, 6.07) is 4.74. The zero-order valence-electron chi connectivity index (χ0n) is 12.3. The number of rotatable bonds is 7. The zero-order chi connectivity index (χ0) is 15.1. The molecule has 1 rings (SSSR count). The van der Waals surface area contributed by atoms with E-state index in [4.69, 9.17) is 5.11 Å². The van der Waals surface area contributed by atoms with Crippen molar-refractivity contribution in [3.8, 4) is 0 Å². The largest absolute Gasteiger partial charge is 0.478 e. The van der Waals surface area contributed by atoms with Crippen LogP contribution in [0.4, 0.5) is 10.1 Å². The number of nitrogens with zero attached hydrogens (tertiary/aromatic N) is 1. The van der Waals surface area contributed by atoms with Gasteiger partial charge in [0.05, 0.1) is 5.69 Å². The summed E-state index contributed by atoms with van der Waals surface area (Å²) in [6.07, 6.45) is 3.50. The highest BCUT2D eigenvalue weighted by Crippen LogP contribution is 2.26. The molecule has 1 N–H and O–H groups in total. The van der Waals surface area contributed by atoms with Gasteiger partial charge < -0.3 is 10.0 Å². The van der Waals surface area contributed by atoms with Gasteiger partial charge in [0.25, 0.3) is 0 Å². The van der Waals surface area contributed by atoms with Gasteiger partial charge in [-0.2, -0.15) is 0 Å². The average Bonchev–Trinajstić information content (AvgIpc) is 2.42. The molecule has 0 aromatic heterocycles. The fraction of sp³-hybridized carbons (Fsp3) is 0.438. The maximum Gasteiger partial charge on any atom is 0.328 e. The number of carboxylic acid groups (broad SMARTS) is 1. The molecule has 1 atom stereocenters. The third-order valence-electron chi connectivity index (χ3n) is 3.35. The molecule has 20 heavy (non-hydrogen) atoms. The Morgan fingerprint density at radius 2 is 2.15 bits per heavy atom. The summed E-state index contributed by atoms with van der Waals surface area (Å²) < 4.78 is 14.1. The first-order valence-electron chi connectivity index (χ1n) is 6.94. The second-order valence-corrected chi connectivity index (χ2v) is 4.90. The molecule has 0 spiro atoms. The molecule has 0 amide bonds. The van der Waals surface area contributed by atoms with Crippen LogP contribution in [0.1, 0.15) is 32.8 Å². The number of halogens is 1. The quantitative estimate of drug-likeness (QED) is 0.772. The molecule has 0 aliphatic carbocycles. The van der Waals surface area contributed by atoms with Gasteiger partial charge in [0.15, 0.2) is 0 Å². The van der Waals surface area contributed by atoms with Crippen LogP contribution in [0, 0.1) is 11.7 Å². The van der Waals surface area contributed by atoms with E-state index < -0.39 is 5.97 Å². The summed E-state index contributed by atoms with van der Waals surface area (Å²) in [4.78, 5) is 12.6. The lowest BCUT2D eigenvalue weighted by atomic mass is 10.1. The van der Waals surface area contributed by atoms with Crippen LogP contribution >= 0.6 is 0 Å². The van der Waals surface area contributed by atoms with E-state index in [1.54, 1.807) is 12.1 Å². The summed E-state index contributed by atoms with van der Waals surface area (Å²) in [5.74, 6) is -0.904. The van der Waals surface area contributed by atoms with Gasteiger partial charge in [-0.15, -0.1) is 0 Å². The van der Waals surface area contributed by atoms with E-state index in [0.717, 1.165) is 19.0 Å². The Balaban J connectivity index is 3.15. The molecule has 0 bridgehead atoms. The minimum Gasteiger partial charge on any atom is -0.478 e. The fourth-order valence-corrected chi connectivity index (χ4v) is 2.05. The van der Waals surface area contributed by atoms with Crippen LogP contribution in [0.2, 0.25) is 0 Å². The van der Waals surface area contributed by atoms with Crippen LogP contribution in [-0.4, -0.2) is 24.2 Å². The molecule has 1 aromatic rings. The van der Waals surface area contributed by atoms with E-state index in [9.17, 15) is 9.18 Å². The van der Waals surface area contributed by atoms with Crippen LogP contribution in [0.25, 0.3) is 6.08 Å². The van der Waals surface area contributed by atoms with Crippen molar-refractivity contribution in [2.45, 2.75) is 27.2 Å². The molecule has 0 fully saturated rings. The van der Waals surface area contributed by atoms with E-state index in [2.05, 4.69) is 13.8 Å². The average molecular weight is 279 g/mol. The third-order valence-corrected chi connectivity index (χ3v) is 3.35. The monoisotopic (exact) mass is 279 g/mol. The number of para-hydroxylation sites is 1. The fourth-order valence-electron chi connectivity index (χ4n) is 2.05. The van der Waals surface area contributed by atoms with Crippen LogP contribution < -0.4 is 4.90 Å². The van der Waals surface area contributed by atoms with Gasteiger partial charge in [0, 0.05) is 24.7 Å². The molecule has 0 radical (unpaired) electrons. The molecule has 0 heterocycles. The van der Waals surface area contributed by atoms with E-state index in [1.165, 1.54) is 12.1 Å². The highest BCUT2D eigenvalue weighted by Gasteiger charge is 2.15. The number of carboxylic acids is 1. The molecular weight excluding hydrogens is 257 g/mol. The minimum atomic E-state index is -1.04. The van der Waals surface area contributed by atoms with Crippen LogP contribution in [0.5, 0.6) is 0 Å². The van der Waals surface area contributed by atoms with Gasteiger partial charge in [0.1, 0.15) is 5.82 Å². The first-order valence-corrected chi connectivity index (χ1v) is 6.94. The van der Waals surface area contributed by atoms with Crippen molar-refractivity contribution in [1.82, 2.24) is 0 Å². The molecule has 0 aliphatic heterocycles. The lowest BCUT2D eigenvalue weighted by Gasteiger charge is -2.28. The Kier molecular flexibility index (Phi) is 6.22. The van der Waals surface area contributed by atoms with Gasteiger partial charge >= 0.3 is 5.97 Å². The lowest BCUT2D eigenvalue weighted by molar-refractivity contribution is -0.131. The highest BCUT2D eigenvalue weighted by molar-refractivity contribution is 5.87. The number of anilines is 1. The zero-order valence-corrected chi connectivity index (χ0v) is 12.3. The Bertz CT molecular complexity index is 485. The van der Waals surface area contributed by atoms with Crippen molar-refractivity contribution in [2.75, 3.05) is 18.0 Å². The molecule has 1 unspecified atom stereocenters. The molecular formula is C16H22FNO2. The minimum absolute atomic E-state index is 0.317. The summed E-state index contributed by atoms with van der Waals surface area (Å²) in [7, 11) is 0. The van der Waals surface area contributed by atoms with E-state index >= 15 is 0 Å². The Morgan fingerprint density at radius 3 is 2.70 bits per heavy atom. The highest BCUT2D eigenvalue weighted by atomic mass is 19.1. The van der Waals surface area contributed by atoms with Crippen molar-refractivity contribution < 1.29 is 14.3 Å². The Morgan fingerprint density at radius 1 is 1.45 bits per heavy atom. The van der Waals surface area contributed by atoms with Crippen molar-refractivity contribution in [3.63, 3.8) is 0 Å². The topological polar surface area (TPSA) is 40.5 Å². The van der Waals surface area contributed by atoms with Gasteiger partial charge in [-0.1, -0.05) is 32.4 Å². The lowest BCUT2D eigenvalue weighted by Crippen LogP contribution is -2.29. The molecule has 0 aliphatic rings. The molecule has 110 valence electrons. The number of aliphatic carboxylic acids is 1. The number of carbonyl (C=O) groups is 1. The third kappa shape index (κ3) is 4.37. The number of hydrogen-bond acceptors (Lipinski definition) is 2. The Labute approximate surface area is 119 Å². The predicted molar refractivity (Wildman–Crippen MR) is 80.4 cm³/mol. The maximum absolute atomic E-state index is 14.1. The van der Waals surface area contributed by atoms with Crippen molar-refractivity contribution in [2.24, 2.45) is 5.92 Å². The molecule has 0 saturated heterocycles. The second kappa shape index (κ2) is 7.68. The predicted octanol–water partition coefficient (Wildman–Crippen LogP) is 3.80. The SMILES string of the molecule is CCC(C)CN(CC)c1c(F)cccc1/C=C/C(=O)O. The van der Waals surface area contributed by atoms with Gasteiger partial charge in [0.2, 0.25) is 0 Å². The second-order valence-electron chi connectivity index (χ2n) is 4.90. The van der Waals surface area contributed by atoms with Crippen molar-refractivity contribution in [1.29, 1.82) is 0 Å². The summed E-state index contributed by atoms with van der Waals surface area (Å²) in [6.45, 7) is 7.63. The van der Waals surface area contributed by atoms with Crippen LogP contribution in [0.15, 0.2) is 24.3 Å². The van der Waals surface area contributed by atoms with Crippen LogP contribution in [0.3, 0.4) is 0 Å². The first kappa shape index (κ1) is 16.2. The number of benzene rings is 1. The Hall–Kier alpha value is -1.84. The van der Waals surface area contributed by atoms with Crippen LogP contribution in [-0.2, 0) is 4.79 Å². The normalized spacial score (nSPS) is 12.6. The van der Waals surface area contributed by atoms with E-state index in [1.807, 2.05) is 11.8 Å². The van der Waals surface area contributed by atoms with E-state index in [0.29, 0.717) is 23.7 Å². The summed E-state index contributed by atoms with van der Waals surface area (Å²) in [5, 5.41) is 8.72. The molecule has 4 heteroatoms. The standard InChI is InChI=1S/C16H22FNO2/c1-4-12(3)11-18(5-2)16-13(9-10-15(19)20)7-6-8-14(16)17/h6-10,12H,4-5,11H2,1-3H3,(H,19,20)/b10-9+.